The van der Waals surface area contributed by atoms with Gasteiger partial charge in [-0.15, -0.1) is 0 Å². The van der Waals surface area contributed by atoms with Gasteiger partial charge in [-0.25, -0.2) is 4.98 Å². The molecule has 1 aromatic carbocycles. The molecule has 1 saturated carbocycles. The molecule has 2 aromatic rings. The van der Waals surface area contributed by atoms with E-state index in [0.717, 1.165) is 37.4 Å². The van der Waals surface area contributed by atoms with Gasteiger partial charge in [0.15, 0.2) is 0 Å². The first-order valence-electron chi connectivity index (χ1n) is 10.2. The van der Waals surface area contributed by atoms with Crippen molar-refractivity contribution in [2.45, 2.75) is 51.0 Å². The first-order chi connectivity index (χ1) is 13.3. The first-order valence-corrected chi connectivity index (χ1v) is 10.2. The van der Waals surface area contributed by atoms with Crippen LogP contribution >= 0.6 is 0 Å². The summed E-state index contributed by atoms with van der Waals surface area (Å²) >= 11 is 0. The second-order valence-corrected chi connectivity index (χ2v) is 7.61. The molecule has 5 heteroatoms. The number of hydrogen-bond donors (Lipinski definition) is 2. The highest BCUT2D eigenvalue weighted by Gasteiger charge is 2.17. The van der Waals surface area contributed by atoms with Crippen molar-refractivity contribution in [1.29, 1.82) is 0 Å². The standard InChI is InChI=1S/C22H28N4O/c27-22(25-18-6-2-1-3-7-18)17-8-13-21(23-16-17)24-19-9-11-20(12-10-19)26-14-4-5-15-26/h8-13,16,18H,1-7,14-15H2,(H,23,24)(H,25,27). The molecule has 2 aliphatic rings. The lowest BCUT2D eigenvalue weighted by Gasteiger charge is -2.22. The lowest BCUT2D eigenvalue weighted by molar-refractivity contribution is 0.0927. The van der Waals surface area contributed by atoms with Crippen LogP contribution in [-0.4, -0.2) is 30.0 Å². The van der Waals surface area contributed by atoms with Crippen LogP contribution in [0.3, 0.4) is 0 Å². The molecule has 2 N–H and O–H groups in total. The number of nitrogens with zero attached hydrogens (tertiary/aromatic N) is 2. The third-order valence-electron chi connectivity index (χ3n) is 5.58. The molecule has 4 rings (SSSR count). The molecule has 5 nitrogen and oxygen atoms in total. The van der Waals surface area contributed by atoms with Gasteiger partial charge in [-0.05, 0) is 62.1 Å². The molecule has 1 aliphatic carbocycles. The summed E-state index contributed by atoms with van der Waals surface area (Å²) in [5, 5.41) is 6.44. The topological polar surface area (TPSA) is 57.3 Å². The molecule has 2 fully saturated rings. The van der Waals surface area contributed by atoms with Gasteiger partial charge in [0.1, 0.15) is 5.82 Å². The third kappa shape index (κ3) is 4.59. The van der Waals surface area contributed by atoms with Gasteiger partial charge in [-0.2, -0.15) is 0 Å². The molecule has 0 bridgehead atoms. The Morgan fingerprint density at radius 3 is 2.33 bits per heavy atom. The van der Waals surface area contributed by atoms with E-state index in [0.29, 0.717) is 11.6 Å². The van der Waals surface area contributed by atoms with Gasteiger partial charge < -0.3 is 15.5 Å². The van der Waals surface area contributed by atoms with E-state index in [1.165, 1.54) is 37.8 Å². The molecule has 0 radical (unpaired) electrons. The van der Waals surface area contributed by atoms with Crippen molar-refractivity contribution in [2.75, 3.05) is 23.3 Å². The van der Waals surface area contributed by atoms with Crippen LogP contribution in [0.1, 0.15) is 55.3 Å². The summed E-state index contributed by atoms with van der Waals surface area (Å²) in [5.74, 6) is 0.731. The molecule has 0 atom stereocenters. The molecule has 1 aliphatic heterocycles. The minimum atomic E-state index is -0.0177. The van der Waals surface area contributed by atoms with E-state index in [9.17, 15) is 4.79 Å². The second-order valence-electron chi connectivity index (χ2n) is 7.61. The Hall–Kier alpha value is -2.56. The minimum Gasteiger partial charge on any atom is -0.372 e. The van der Waals surface area contributed by atoms with Crippen LogP contribution in [0.2, 0.25) is 0 Å². The minimum absolute atomic E-state index is 0.0177. The van der Waals surface area contributed by atoms with Crippen LogP contribution in [0.25, 0.3) is 0 Å². The summed E-state index contributed by atoms with van der Waals surface area (Å²) in [5.41, 5.74) is 2.90. The fraction of sp³-hybridized carbons (Fsp3) is 0.455. The van der Waals surface area contributed by atoms with E-state index in [2.05, 4.69) is 44.8 Å². The average molecular weight is 364 g/mol. The van der Waals surface area contributed by atoms with Gasteiger partial charge in [0.05, 0.1) is 5.56 Å². The number of nitrogens with one attached hydrogen (secondary N) is 2. The number of benzene rings is 1. The Morgan fingerprint density at radius 1 is 0.926 bits per heavy atom. The molecular formula is C22H28N4O. The molecule has 1 aromatic heterocycles. The maximum Gasteiger partial charge on any atom is 0.253 e. The monoisotopic (exact) mass is 364 g/mol. The van der Waals surface area contributed by atoms with Crippen LogP contribution in [0.5, 0.6) is 0 Å². The summed E-state index contributed by atoms with van der Waals surface area (Å²) < 4.78 is 0. The highest BCUT2D eigenvalue weighted by Crippen LogP contribution is 2.23. The Morgan fingerprint density at radius 2 is 1.67 bits per heavy atom. The SMILES string of the molecule is O=C(NC1CCCCC1)c1ccc(Nc2ccc(N3CCCC3)cc2)nc1. The zero-order valence-electron chi connectivity index (χ0n) is 15.8. The van der Waals surface area contributed by atoms with Gasteiger partial charge >= 0.3 is 0 Å². The van der Waals surface area contributed by atoms with E-state index in [4.69, 9.17) is 0 Å². The van der Waals surface area contributed by atoms with Crippen molar-refractivity contribution in [3.8, 4) is 0 Å². The number of amides is 1. The van der Waals surface area contributed by atoms with Crippen LogP contribution in [0.4, 0.5) is 17.2 Å². The number of pyridine rings is 1. The number of rotatable bonds is 5. The summed E-state index contributed by atoms with van der Waals surface area (Å²) in [6, 6.07) is 12.5. The van der Waals surface area contributed by atoms with Gasteiger partial charge in [0, 0.05) is 36.7 Å². The highest BCUT2D eigenvalue weighted by molar-refractivity contribution is 5.94. The van der Waals surface area contributed by atoms with Gasteiger partial charge in [0.25, 0.3) is 5.91 Å². The largest absolute Gasteiger partial charge is 0.372 e. The fourth-order valence-corrected chi connectivity index (χ4v) is 4.00. The van der Waals surface area contributed by atoms with Crippen LogP contribution in [0.15, 0.2) is 42.6 Å². The van der Waals surface area contributed by atoms with Crippen molar-refractivity contribution in [3.63, 3.8) is 0 Å². The van der Waals surface area contributed by atoms with Crippen molar-refractivity contribution in [1.82, 2.24) is 10.3 Å². The predicted molar refractivity (Wildman–Crippen MR) is 110 cm³/mol. The quantitative estimate of drug-likeness (QED) is 0.821. The number of carbonyl (C=O) groups excluding carboxylic acids is 1. The van der Waals surface area contributed by atoms with Gasteiger partial charge in [0.2, 0.25) is 0 Å². The van der Waals surface area contributed by atoms with Crippen LogP contribution in [-0.2, 0) is 0 Å². The van der Waals surface area contributed by atoms with Crippen molar-refractivity contribution in [3.05, 3.63) is 48.2 Å². The summed E-state index contributed by atoms with van der Waals surface area (Å²) in [4.78, 5) is 19.2. The first kappa shape index (κ1) is 17.8. The number of aromatic nitrogens is 1. The highest BCUT2D eigenvalue weighted by atomic mass is 16.1. The van der Waals surface area contributed by atoms with E-state index >= 15 is 0 Å². The molecule has 142 valence electrons. The van der Waals surface area contributed by atoms with Gasteiger partial charge in [-0.1, -0.05) is 19.3 Å². The lowest BCUT2D eigenvalue weighted by atomic mass is 9.95. The zero-order valence-corrected chi connectivity index (χ0v) is 15.8. The van der Waals surface area contributed by atoms with E-state index in [1.54, 1.807) is 6.20 Å². The predicted octanol–water partition coefficient (Wildman–Crippen LogP) is 4.49. The molecule has 0 spiro atoms. The van der Waals surface area contributed by atoms with Crippen LogP contribution in [0, 0.1) is 0 Å². The third-order valence-corrected chi connectivity index (χ3v) is 5.58. The Balaban J connectivity index is 1.33. The lowest BCUT2D eigenvalue weighted by Crippen LogP contribution is -2.36. The molecule has 2 heterocycles. The van der Waals surface area contributed by atoms with Crippen molar-refractivity contribution >= 4 is 23.1 Å². The maximum atomic E-state index is 12.4. The Labute approximate surface area is 161 Å². The summed E-state index contributed by atoms with van der Waals surface area (Å²) in [6.45, 7) is 2.30. The Kier molecular flexibility index (Phi) is 5.56. The molecule has 27 heavy (non-hydrogen) atoms. The average Bonchev–Trinajstić information content (AvgIpc) is 3.25. The smallest absolute Gasteiger partial charge is 0.253 e. The number of hydrogen-bond acceptors (Lipinski definition) is 4. The number of anilines is 3. The number of carbonyl (C=O) groups is 1. The van der Waals surface area contributed by atoms with E-state index < -0.39 is 0 Å². The maximum absolute atomic E-state index is 12.4. The molecule has 1 saturated heterocycles. The van der Waals surface area contributed by atoms with E-state index in [1.807, 2.05) is 12.1 Å². The van der Waals surface area contributed by atoms with Crippen molar-refractivity contribution < 1.29 is 4.79 Å². The van der Waals surface area contributed by atoms with Crippen LogP contribution < -0.4 is 15.5 Å². The second kappa shape index (κ2) is 8.42. The van der Waals surface area contributed by atoms with Gasteiger partial charge in [-0.3, -0.25) is 4.79 Å². The summed E-state index contributed by atoms with van der Waals surface area (Å²) in [6.07, 6.45) is 10.1. The molecule has 1 amide bonds. The van der Waals surface area contributed by atoms with Crippen molar-refractivity contribution in [2.24, 2.45) is 0 Å². The zero-order chi connectivity index (χ0) is 18.5. The Bertz CT molecular complexity index is 745. The fourth-order valence-electron chi connectivity index (χ4n) is 4.00. The van der Waals surface area contributed by atoms with E-state index in [-0.39, 0.29) is 5.91 Å². The molecular weight excluding hydrogens is 336 g/mol. The summed E-state index contributed by atoms with van der Waals surface area (Å²) in [7, 11) is 0. The normalized spacial score (nSPS) is 17.7. The molecule has 0 unspecified atom stereocenters.